The summed E-state index contributed by atoms with van der Waals surface area (Å²) < 4.78 is 0.917. The van der Waals surface area contributed by atoms with Crippen molar-refractivity contribution in [3.05, 3.63) is 96.3 Å². The van der Waals surface area contributed by atoms with E-state index in [1.807, 2.05) is 48.5 Å². The predicted octanol–water partition coefficient (Wildman–Crippen LogP) is 2.72. The summed E-state index contributed by atoms with van der Waals surface area (Å²) in [6.45, 7) is 4.62. The number of nitrogens with zero attached hydrogens (tertiary/aromatic N) is 6. The molecule has 4 heterocycles. The topological polar surface area (TPSA) is 148 Å². The summed E-state index contributed by atoms with van der Waals surface area (Å²) in [5.74, 6) is -0.509. The van der Waals surface area contributed by atoms with Gasteiger partial charge in [0.1, 0.15) is 18.0 Å². The van der Waals surface area contributed by atoms with Crippen LogP contribution in [0.2, 0.25) is 0 Å². The second-order valence-corrected chi connectivity index (χ2v) is 11.7. The fourth-order valence-electron chi connectivity index (χ4n) is 5.77. The molecule has 2 atom stereocenters. The first kappa shape index (κ1) is 29.1. The van der Waals surface area contributed by atoms with Crippen molar-refractivity contribution in [2.75, 3.05) is 25.4 Å². The van der Waals surface area contributed by atoms with Gasteiger partial charge in [-0.1, -0.05) is 59.9 Å². The first-order valence-corrected chi connectivity index (χ1v) is 15.0. The Morgan fingerprint density at radius 1 is 1.16 bits per heavy atom. The van der Waals surface area contributed by atoms with Crippen molar-refractivity contribution in [3.8, 4) is 5.75 Å². The lowest BCUT2D eigenvalue weighted by Gasteiger charge is -2.46. The van der Waals surface area contributed by atoms with Crippen molar-refractivity contribution < 1.29 is 19.5 Å². The number of nitrogens with one attached hydrogen (secondary N) is 1. The molecule has 4 amide bonds. The fourth-order valence-corrected chi connectivity index (χ4v) is 6.56. The molecule has 12 nitrogen and oxygen atoms in total. The normalized spacial score (nSPS) is 18.5. The minimum Gasteiger partial charge on any atom is -0.506 e. The zero-order valence-corrected chi connectivity index (χ0v) is 24.7. The van der Waals surface area contributed by atoms with E-state index in [1.165, 1.54) is 28.6 Å². The van der Waals surface area contributed by atoms with Crippen LogP contribution >= 0.6 is 11.3 Å². The number of piperazine rings is 1. The van der Waals surface area contributed by atoms with Gasteiger partial charge in [0, 0.05) is 25.2 Å². The highest BCUT2D eigenvalue weighted by atomic mass is 32.1. The molecule has 0 aliphatic carbocycles. The first-order chi connectivity index (χ1) is 21.3. The average Bonchev–Trinajstić information content (AvgIpc) is 3.57. The second kappa shape index (κ2) is 12.3. The number of hydrogen-bond acceptors (Lipinski definition) is 9. The number of urea groups is 1. The molecule has 0 saturated carbocycles. The van der Waals surface area contributed by atoms with E-state index in [4.69, 9.17) is 5.73 Å². The minimum absolute atomic E-state index is 0.00357. The van der Waals surface area contributed by atoms with E-state index in [9.17, 15) is 19.5 Å². The van der Waals surface area contributed by atoms with Crippen LogP contribution in [0.5, 0.6) is 5.75 Å². The maximum atomic E-state index is 14.1. The molecular weight excluding hydrogens is 580 g/mol. The maximum Gasteiger partial charge on any atom is 0.332 e. The molecule has 0 bridgehead atoms. The summed E-state index contributed by atoms with van der Waals surface area (Å²) in [6, 6.07) is 17.2. The van der Waals surface area contributed by atoms with Crippen molar-refractivity contribution in [3.63, 3.8) is 0 Å². The maximum absolute atomic E-state index is 14.1. The minimum atomic E-state index is -0.874. The SMILES string of the molecule is C=CCN(C(=O)NCc1ccccc1)N1CC(=O)N2[C@@H](Cc3ccc(O)cn3)C(=O)N(Cc3cccc4sc(N)nc34)C[C@@H]21. The van der Waals surface area contributed by atoms with Crippen LogP contribution in [0, 0.1) is 0 Å². The molecule has 44 heavy (non-hydrogen) atoms. The van der Waals surface area contributed by atoms with Gasteiger partial charge in [0.15, 0.2) is 5.13 Å². The lowest BCUT2D eigenvalue weighted by atomic mass is 10.0. The van der Waals surface area contributed by atoms with Gasteiger partial charge in [-0.2, -0.15) is 5.01 Å². The van der Waals surface area contributed by atoms with Crippen molar-refractivity contribution in [1.82, 2.24) is 35.1 Å². The molecule has 2 saturated heterocycles. The zero-order chi connectivity index (χ0) is 30.8. The van der Waals surface area contributed by atoms with Crippen molar-refractivity contribution >= 4 is 44.5 Å². The largest absolute Gasteiger partial charge is 0.506 e. The number of thiazole rings is 1. The zero-order valence-electron chi connectivity index (χ0n) is 23.9. The van der Waals surface area contributed by atoms with Crippen LogP contribution in [0.1, 0.15) is 16.8 Å². The number of amides is 4. The van der Waals surface area contributed by atoms with Crippen LogP contribution in [-0.2, 0) is 29.1 Å². The Hall–Kier alpha value is -5.01. The van der Waals surface area contributed by atoms with Gasteiger partial charge < -0.3 is 26.0 Å². The highest BCUT2D eigenvalue weighted by Crippen LogP contribution is 2.32. The number of fused-ring (bicyclic) bond motifs is 2. The Morgan fingerprint density at radius 3 is 2.73 bits per heavy atom. The molecule has 0 unspecified atom stereocenters. The third kappa shape index (κ3) is 5.79. The van der Waals surface area contributed by atoms with Gasteiger partial charge in [-0.25, -0.2) is 9.78 Å². The lowest BCUT2D eigenvalue weighted by molar-refractivity contribution is -0.157. The van der Waals surface area contributed by atoms with Crippen LogP contribution in [0.4, 0.5) is 9.93 Å². The monoisotopic (exact) mass is 612 g/mol. The number of pyridine rings is 1. The van der Waals surface area contributed by atoms with E-state index in [2.05, 4.69) is 21.9 Å². The van der Waals surface area contributed by atoms with Crippen molar-refractivity contribution in [1.29, 1.82) is 0 Å². The van der Waals surface area contributed by atoms with Gasteiger partial charge in [-0.3, -0.25) is 19.6 Å². The Kier molecular flexibility index (Phi) is 8.13. The van der Waals surface area contributed by atoms with Crippen LogP contribution < -0.4 is 11.1 Å². The third-order valence-electron chi connectivity index (χ3n) is 7.79. The Balaban J connectivity index is 1.32. The molecule has 4 N–H and O–H groups in total. The van der Waals surface area contributed by atoms with Crippen LogP contribution in [0.3, 0.4) is 0 Å². The number of aromatic hydroxyl groups is 1. The van der Waals surface area contributed by atoms with E-state index in [1.54, 1.807) is 27.0 Å². The molecule has 0 radical (unpaired) electrons. The average molecular weight is 613 g/mol. The molecule has 2 aromatic heterocycles. The second-order valence-electron chi connectivity index (χ2n) is 10.7. The van der Waals surface area contributed by atoms with Crippen LogP contribution in [0.25, 0.3) is 10.2 Å². The highest BCUT2D eigenvalue weighted by molar-refractivity contribution is 7.22. The highest BCUT2D eigenvalue weighted by Gasteiger charge is 2.52. The third-order valence-corrected chi connectivity index (χ3v) is 8.64. The van der Waals surface area contributed by atoms with Gasteiger partial charge >= 0.3 is 6.03 Å². The first-order valence-electron chi connectivity index (χ1n) is 14.2. The number of carbonyl (C=O) groups excluding carboxylic acids is 3. The summed E-state index contributed by atoms with van der Waals surface area (Å²) in [7, 11) is 0. The number of para-hydroxylation sites is 1. The number of aromatic nitrogens is 2. The van der Waals surface area contributed by atoms with Crippen molar-refractivity contribution in [2.24, 2.45) is 0 Å². The van der Waals surface area contributed by atoms with Gasteiger partial charge in [-0.05, 0) is 29.3 Å². The summed E-state index contributed by atoms with van der Waals surface area (Å²) in [5, 5.41) is 16.3. The van der Waals surface area contributed by atoms with E-state index in [0.717, 1.165) is 21.3 Å². The molecule has 4 aromatic rings. The van der Waals surface area contributed by atoms with Crippen molar-refractivity contribution in [2.45, 2.75) is 31.7 Å². The predicted molar refractivity (Wildman–Crippen MR) is 166 cm³/mol. The van der Waals surface area contributed by atoms with E-state index < -0.39 is 12.2 Å². The molecule has 13 heteroatoms. The number of nitrogen functional groups attached to an aromatic ring is 1. The van der Waals surface area contributed by atoms with Crippen LogP contribution in [-0.4, -0.2) is 84.6 Å². The summed E-state index contributed by atoms with van der Waals surface area (Å²) in [4.78, 5) is 53.3. The fraction of sp³-hybridized carbons (Fsp3) is 0.258. The number of anilines is 1. The summed E-state index contributed by atoms with van der Waals surface area (Å²) >= 11 is 1.38. The number of carbonyl (C=O) groups is 3. The number of hydrogen-bond donors (Lipinski definition) is 3. The number of nitrogens with two attached hydrogens (primary N) is 1. The smallest absolute Gasteiger partial charge is 0.332 e. The number of rotatable bonds is 9. The number of hydrazine groups is 1. The van der Waals surface area contributed by atoms with Gasteiger partial charge in [0.05, 0.1) is 36.0 Å². The lowest BCUT2D eigenvalue weighted by Crippen LogP contribution is -2.66. The molecular formula is C31H32N8O4S. The molecule has 0 spiro atoms. The quantitative estimate of drug-likeness (QED) is 0.245. The van der Waals surface area contributed by atoms with E-state index >= 15 is 0 Å². The standard InChI is InChI=1S/C31H32N8O4S/c1-2-13-37(31(43)34-15-20-7-4-3-5-8-20)38-19-27(41)39-24(14-22-11-12-23(40)16-33-22)29(42)36(18-26(38)39)17-21-9-6-10-25-28(21)35-30(32)44-25/h2-12,16,24,26,40H,1,13-15,17-19H2,(H2,32,35)(H,34,43)/t24-,26+/m0/s1. The molecule has 6 rings (SSSR count). The molecule has 2 aliphatic heterocycles. The number of benzene rings is 2. The Morgan fingerprint density at radius 2 is 1.98 bits per heavy atom. The van der Waals surface area contributed by atoms with Gasteiger partial charge in [0.2, 0.25) is 11.8 Å². The van der Waals surface area contributed by atoms with E-state index in [-0.39, 0.29) is 56.2 Å². The summed E-state index contributed by atoms with van der Waals surface area (Å²) in [6.07, 6.45) is 2.43. The molecule has 226 valence electrons. The van der Waals surface area contributed by atoms with Gasteiger partial charge in [-0.15, -0.1) is 6.58 Å². The molecule has 2 fully saturated rings. The van der Waals surface area contributed by atoms with Crippen LogP contribution in [0.15, 0.2) is 79.5 Å². The van der Waals surface area contributed by atoms with Gasteiger partial charge in [0.25, 0.3) is 0 Å². The summed E-state index contributed by atoms with van der Waals surface area (Å²) in [5.41, 5.74) is 9.04. The Labute approximate surface area is 258 Å². The molecule has 2 aromatic carbocycles. The van der Waals surface area contributed by atoms with E-state index in [0.29, 0.717) is 17.4 Å². The Bertz CT molecular complexity index is 1700. The molecule has 2 aliphatic rings.